The van der Waals surface area contributed by atoms with Gasteiger partial charge in [0.1, 0.15) is 5.82 Å². The number of pyridine rings is 6. The van der Waals surface area contributed by atoms with Gasteiger partial charge in [-0.15, -0.1) is 0 Å². The van der Waals surface area contributed by atoms with Crippen LogP contribution in [0.5, 0.6) is 0 Å². The summed E-state index contributed by atoms with van der Waals surface area (Å²) < 4.78 is 2.26. The molecule has 7 aromatic heterocycles. The van der Waals surface area contributed by atoms with Crippen LogP contribution in [-0.2, 0) is 0 Å². The highest BCUT2D eigenvalue weighted by Gasteiger charge is 2.25. The Hall–Kier alpha value is -18.6. The lowest BCUT2D eigenvalue weighted by Gasteiger charge is -2.19. The molecule has 0 aliphatic heterocycles. The minimum atomic E-state index is 0.853. The molecule has 139 heavy (non-hydrogen) atoms. The third-order valence-corrected chi connectivity index (χ3v) is 26.8. The number of benzene rings is 19. The van der Waals surface area contributed by atoms with E-state index in [1.165, 1.54) is 176 Å². The maximum atomic E-state index is 5.10. The lowest BCUT2D eigenvalue weighted by Crippen LogP contribution is -1.97. The van der Waals surface area contributed by atoms with Crippen LogP contribution in [0.2, 0.25) is 0 Å². The zero-order valence-corrected chi connectivity index (χ0v) is 75.7. The molecule has 0 aliphatic rings. The van der Waals surface area contributed by atoms with E-state index in [0.717, 1.165) is 73.0 Å². The van der Waals surface area contributed by atoms with Gasteiger partial charge in [-0.2, -0.15) is 0 Å². The largest absolute Gasteiger partial charge is 0.292 e. The van der Waals surface area contributed by atoms with Crippen molar-refractivity contribution in [1.82, 2.24) is 39.5 Å². The molecule has 26 aromatic rings. The van der Waals surface area contributed by atoms with Gasteiger partial charge >= 0.3 is 0 Å². The second-order valence-electron chi connectivity index (χ2n) is 35.0. The quantitative estimate of drug-likeness (QED) is 0.0944. The van der Waals surface area contributed by atoms with E-state index in [9.17, 15) is 0 Å². The van der Waals surface area contributed by atoms with E-state index >= 15 is 0 Å². The molecule has 7 heterocycles. The number of rotatable bonds is 15. The minimum Gasteiger partial charge on any atom is -0.292 e. The fourth-order valence-corrected chi connectivity index (χ4v) is 20.3. The number of fused-ring (bicyclic) bond motifs is 8. The van der Waals surface area contributed by atoms with E-state index in [1.807, 2.05) is 73.7 Å². The van der Waals surface area contributed by atoms with Gasteiger partial charge in [0.25, 0.3) is 0 Å². The molecule has 0 unspecified atom stereocenters. The number of para-hydroxylation sites is 3. The standard InChI is InChI=1S/C49H32N2.C42H28N2.C40H26N4/c1-3-14-35(15-4-1)47-41-19-9-10-20-42(41)48(39-28-25-33-13-7-8-16-37(33)31-39)43-30-29-38(32-44(43)47)34-23-26-36(27-24-34)49-50-45-21-11-12-22-46(45)51(49)40-17-5-2-6-18-40;1-2-8-29(9-3-1)34-16-17-39-40(28-34)42(36-13-7-11-33(27-36)31-20-24-44-25-21-31)38-15-5-4-14-37(38)41(39)35-12-6-10-32(26-35)30-18-22-43-23-19-30;1-2-9-27(10-3-1)28-15-18-34-35(23-28)40(31-16-19-36(43-25-31)29-11-8-21-41-24-29)33-13-5-4-12-32(33)39(34)30-17-20-38(44-26-30)37-14-6-7-22-42-37/h1-32H;1-28H;1-26H. The second kappa shape index (κ2) is 37.1. The zero-order valence-electron chi connectivity index (χ0n) is 75.7. The van der Waals surface area contributed by atoms with Crippen LogP contribution in [-0.4, -0.2) is 39.5 Å². The van der Waals surface area contributed by atoms with Crippen LogP contribution in [0, 0.1) is 0 Å². The fraction of sp³-hybridized carbons (Fsp3) is 0. The van der Waals surface area contributed by atoms with Gasteiger partial charge in [0.15, 0.2) is 0 Å². The molecule has 19 aromatic carbocycles. The molecule has 0 spiro atoms. The van der Waals surface area contributed by atoms with Crippen molar-refractivity contribution in [3.05, 3.63) is 523 Å². The summed E-state index contributed by atoms with van der Waals surface area (Å²) >= 11 is 0. The lowest BCUT2D eigenvalue weighted by molar-refractivity contribution is 1.10. The van der Waals surface area contributed by atoms with Gasteiger partial charge in [-0.05, 0) is 308 Å². The zero-order chi connectivity index (χ0) is 92.3. The van der Waals surface area contributed by atoms with Crippen molar-refractivity contribution in [2.24, 2.45) is 0 Å². The first-order valence-corrected chi connectivity index (χ1v) is 47.0. The maximum Gasteiger partial charge on any atom is 0.145 e. The summed E-state index contributed by atoms with van der Waals surface area (Å²) in [6.07, 6.45) is 16.8. The van der Waals surface area contributed by atoms with Crippen molar-refractivity contribution in [2.75, 3.05) is 0 Å². The Morgan fingerprint density at radius 1 is 0.158 bits per heavy atom. The molecule has 0 radical (unpaired) electrons. The van der Waals surface area contributed by atoms with Gasteiger partial charge in [-0.3, -0.25) is 34.5 Å². The van der Waals surface area contributed by atoms with Crippen molar-refractivity contribution in [1.29, 1.82) is 0 Å². The number of imidazole rings is 1. The molecule has 0 fully saturated rings. The predicted molar refractivity (Wildman–Crippen MR) is 579 cm³/mol. The van der Waals surface area contributed by atoms with Crippen LogP contribution in [0.4, 0.5) is 0 Å². The molecule has 0 aliphatic carbocycles. The van der Waals surface area contributed by atoms with Crippen LogP contribution >= 0.6 is 0 Å². The Bertz CT molecular complexity index is 9040. The summed E-state index contributed by atoms with van der Waals surface area (Å²) in [5, 5.41) is 17.1. The molecule has 0 atom stereocenters. The number of hydrogen-bond acceptors (Lipinski definition) is 7. The van der Waals surface area contributed by atoms with Gasteiger partial charge < -0.3 is 0 Å². The molecule has 26 rings (SSSR count). The van der Waals surface area contributed by atoms with Crippen molar-refractivity contribution < 1.29 is 0 Å². The fourth-order valence-electron chi connectivity index (χ4n) is 20.3. The van der Waals surface area contributed by atoms with Gasteiger partial charge in [0.05, 0.1) is 28.1 Å². The van der Waals surface area contributed by atoms with Gasteiger partial charge in [-0.25, -0.2) is 4.98 Å². The van der Waals surface area contributed by atoms with Crippen molar-refractivity contribution >= 4 is 86.4 Å². The molecule has 0 bridgehead atoms. The highest BCUT2D eigenvalue weighted by atomic mass is 15.1. The molecule has 650 valence electrons. The number of hydrogen-bond donors (Lipinski definition) is 0. The van der Waals surface area contributed by atoms with Crippen LogP contribution < -0.4 is 0 Å². The Balaban J connectivity index is 0.000000114. The van der Waals surface area contributed by atoms with Crippen LogP contribution in [0.25, 0.3) is 249 Å². The van der Waals surface area contributed by atoms with Gasteiger partial charge in [0, 0.05) is 83.7 Å². The topological polar surface area (TPSA) is 95.2 Å². The summed E-state index contributed by atoms with van der Waals surface area (Å²) in [7, 11) is 0. The number of aromatic nitrogens is 8. The lowest BCUT2D eigenvalue weighted by atomic mass is 9.84. The molecular formula is C131H86N8. The summed E-state index contributed by atoms with van der Waals surface area (Å²) in [6, 6.07) is 167. The summed E-state index contributed by atoms with van der Waals surface area (Å²) in [5.74, 6) is 0.935. The Morgan fingerprint density at radius 2 is 0.511 bits per heavy atom. The molecule has 8 nitrogen and oxygen atoms in total. The molecule has 8 heteroatoms. The van der Waals surface area contributed by atoms with Crippen molar-refractivity contribution in [3.63, 3.8) is 0 Å². The minimum absolute atomic E-state index is 0.853. The second-order valence-corrected chi connectivity index (χ2v) is 35.0. The maximum absolute atomic E-state index is 5.10. The van der Waals surface area contributed by atoms with Gasteiger partial charge in [-0.1, -0.05) is 346 Å². The van der Waals surface area contributed by atoms with E-state index in [0.29, 0.717) is 0 Å². The Kier molecular flexibility index (Phi) is 22.3. The predicted octanol–water partition coefficient (Wildman–Crippen LogP) is 34.2. The summed E-state index contributed by atoms with van der Waals surface area (Å²) in [5.41, 5.74) is 34.0. The Labute approximate surface area is 805 Å². The highest BCUT2D eigenvalue weighted by molar-refractivity contribution is 6.25. The van der Waals surface area contributed by atoms with Crippen LogP contribution in [0.1, 0.15) is 0 Å². The molecule has 0 saturated heterocycles. The first-order valence-electron chi connectivity index (χ1n) is 47.0. The van der Waals surface area contributed by atoms with Crippen molar-refractivity contribution in [3.8, 4) is 162 Å². The third kappa shape index (κ3) is 16.2. The van der Waals surface area contributed by atoms with E-state index < -0.39 is 0 Å². The van der Waals surface area contributed by atoms with E-state index in [4.69, 9.17) is 15.0 Å². The van der Waals surface area contributed by atoms with Crippen LogP contribution in [0.15, 0.2) is 523 Å². The molecular weight excluding hydrogens is 1690 g/mol. The summed E-state index contributed by atoms with van der Waals surface area (Å²) in [4.78, 5) is 32.0. The molecule has 0 N–H and O–H groups in total. The smallest absolute Gasteiger partial charge is 0.145 e. The van der Waals surface area contributed by atoms with Gasteiger partial charge in [0.2, 0.25) is 0 Å². The van der Waals surface area contributed by atoms with E-state index in [2.05, 4.69) is 461 Å². The number of nitrogens with zero attached hydrogens (tertiary/aromatic N) is 8. The monoisotopic (exact) mass is 1770 g/mol. The molecule has 0 amide bonds. The van der Waals surface area contributed by atoms with E-state index in [-0.39, 0.29) is 0 Å². The average Bonchev–Trinajstić information content (AvgIpc) is 1.56. The van der Waals surface area contributed by atoms with Crippen molar-refractivity contribution in [2.45, 2.75) is 0 Å². The molecule has 0 saturated carbocycles. The third-order valence-electron chi connectivity index (χ3n) is 26.8. The summed E-state index contributed by atoms with van der Waals surface area (Å²) in [6.45, 7) is 0. The Morgan fingerprint density at radius 3 is 1.01 bits per heavy atom. The highest BCUT2D eigenvalue weighted by Crippen LogP contribution is 2.51. The first-order chi connectivity index (χ1) is 69.0. The van der Waals surface area contributed by atoms with Crippen LogP contribution in [0.3, 0.4) is 0 Å². The first kappa shape index (κ1) is 83.4. The van der Waals surface area contributed by atoms with E-state index in [1.54, 1.807) is 12.4 Å². The SMILES string of the molecule is c1ccc(-c2c3ccccc3c(-c3ccc4ccccc4c3)c3ccc(-c4ccc(-c5nc6ccccc6n5-c5ccccc5)cc4)cc23)cc1.c1ccc(-c2ccc3c(-c4ccc(-c5ccccn5)nc4)c4ccccc4c(-c4ccc(-c5cccnc5)nc4)c3c2)cc1.c1ccc(-c2ccc3c(-c4cccc(-c5ccncc5)c4)c4ccccc4c(-c4cccc(-c5ccncc5)c4)c3c2)cc1. The average molecular weight is 1770 g/mol. The normalized spacial score (nSPS) is 11.3.